The zero-order valence-corrected chi connectivity index (χ0v) is 14.9. The van der Waals surface area contributed by atoms with Gasteiger partial charge in [0.25, 0.3) is 0 Å². The Labute approximate surface area is 151 Å². The Hall–Kier alpha value is -2.08. The molecule has 0 bridgehead atoms. The van der Waals surface area contributed by atoms with Crippen molar-refractivity contribution in [1.82, 2.24) is 20.4 Å². The SMILES string of the molecule is Cn1nccc1CNC(=O)NC(c1cc(F)ccc1Cl)C1CCCC1. The number of aryl methyl sites for hydroxylation is 1. The molecule has 1 aliphatic carbocycles. The molecule has 0 spiro atoms. The monoisotopic (exact) mass is 364 g/mol. The smallest absolute Gasteiger partial charge is 0.315 e. The van der Waals surface area contributed by atoms with Crippen LogP contribution in [0.25, 0.3) is 0 Å². The van der Waals surface area contributed by atoms with Crippen LogP contribution in [0.5, 0.6) is 0 Å². The largest absolute Gasteiger partial charge is 0.333 e. The van der Waals surface area contributed by atoms with E-state index >= 15 is 0 Å². The number of halogens is 2. The van der Waals surface area contributed by atoms with Crippen molar-refractivity contribution < 1.29 is 9.18 Å². The topological polar surface area (TPSA) is 59.0 Å². The minimum Gasteiger partial charge on any atom is -0.333 e. The van der Waals surface area contributed by atoms with E-state index in [2.05, 4.69) is 15.7 Å². The van der Waals surface area contributed by atoms with Crippen LogP contribution in [-0.4, -0.2) is 15.8 Å². The van der Waals surface area contributed by atoms with Gasteiger partial charge < -0.3 is 10.6 Å². The molecule has 1 aromatic carbocycles. The summed E-state index contributed by atoms with van der Waals surface area (Å²) in [5.41, 5.74) is 1.54. The summed E-state index contributed by atoms with van der Waals surface area (Å²) in [6, 6.07) is 5.56. The Kier molecular flexibility index (Phi) is 5.58. The van der Waals surface area contributed by atoms with Crippen LogP contribution in [0.2, 0.25) is 5.02 Å². The molecule has 2 aromatic rings. The van der Waals surface area contributed by atoms with E-state index in [4.69, 9.17) is 11.6 Å². The molecule has 25 heavy (non-hydrogen) atoms. The average molecular weight is 365 g/mol. The van der Waals surface area contributed by atoms with Gasteiger partial charge in [0.15, 0.2) is 0 Å². The summed E-state index contributed by atoms with van der Waals surface area (Å²) >= 11 is 6.28. The molecule has 0 radical (unpaired) electrons. The van der Waals surface area contributed by atoms with E-state index in [0.717, 1.165) is 31.4 Å². The summed E-state index contributed by atoms with van der Waals surface area (Å²) in [7, 11) is 1.82. The molecule has 0 saturated heterocycles. The quantitative estimate of drug-likeness (QED) is 0.844. The number of hydrogen-bond acceptors (Lipinski definition) is 2. The maximum atomic E-state index is 13.7. The second-order valence-corrected chi connectivity index (χ2v) is 6.87. The van der Waals surface area contributed by atoms with Gasteiger partial charge in [0, 0.05) is 18.3 Å². The van der Waals surface area contributed by atoms with Crippen molar-refractivity contribution in [3.8, 4) is 0 Å². The third-order valence-electron chi connectivity index (χ3n) is 4.80. The molecule has 1 aliphatic rings. The lowest BCUT2D eigenvalue weighted by molar-refractivity contribution is 0.230. The van der Waals surface area contributed by atoms with Crippen molar-refractivity contribution in [3.05, 3.63) is 52.6 Å². The molecule has 1 atom stereocenters. The fourth-order valence-corrected chi connectivity index (χ4v) is 3.67. The number of rotatable bonds is 5. The average Bonchev–Trinajstić information content (AvgIpc) is 3.25. The summed E-state index contributed by atoms with van der Waals surface area (Å²) in [4.78, 5) is 12.4. The number of benzene rings is 1. The highest BCUT2D eigenvalue weighted by atomic mass is 35.5. The van der Waals surface area contributed by atoms with Crippen LogP contribution in [0.1, 0.15) is 43.0 Å². The van der Waals surface area contributed by atoms with Crippen LogP contribution >= 0.6 is 11.6 Å². The Balaban J connectivity index is 1.72. The zero-order valence-electron chi connectivity index (χ0n) is 14.1. The van der Waals surface area contributed by atoms with E-state index in [1.165, 1.54) is 12.1 Å². The number of hydrogen-bond donors (Lipinski definition) is 2. The van der Waals surface area contributed by atoms with Crippen molar-refractivity contribution in [2.24, 2.45) is 13.0 Å². The van der Waals surface area contributed by atoms with Gasteiger partial charge in [-0.3, -0.25) is 4.68 Å². The van der Waals surface area contributed by atoms with Crippen molar-refractivity contribution in [1.29, 1.82) is 0 Å². The molecule has 1 unspecified atom stereocenters. The molecule has 0 aliphatic heterocycles. The van der Waals surface area contributed by atoms with E-state index in [-0.39, 0.29) is 23.8 Å². The maximum absolute atomic E-state index is 13.7. The van der Waals surface area contributed by atoms with Crippen LogP contribution in [0, 0.1) is 11.7 Å². The van der Waals surface area contributed by atoms with E-state index in [1.54, 1.807) is 16.9 Å². The van der Waals surface area contributed by atoms with Gasteiger partial charge in [0.05, 0.1) is 18.3 Å². The highest BCUT2D eigenvalue weighted by Gasteiger charge is 2.29. The lowest BCUT2D eigenvalue weighted by Gasteiger charge is -2.26. The Morgan fingerprint density at radius 1 is 1.40 bits per heavy atom. The van der Waals surface area contributed by atoms with Crippen LogP contribution in [-0.2, 0) is 13.6 Å². The summed E-state index contributed by atoms with van der Waals surface area (Å²) in [5, 5.41) is 10.4. The van der Waals surface area contributed by atoms with Gasteiger partial charge in [0.1, 0.15) is 5.82 Å². The first-order chi connectivity index (χ1) is 12.0. The highest BCUT2D eigenvalue weighted by molar-refractivity contribution is 6.31. The van der Waals surface area contributed by atoms with Gasteiger partial charge in [-0.1, -0.05) is 24.4 Å². The first kappa shape index (κ1) is 17.7. The fraction of sp³-hybridized carbons (Fsp3) is 0.444. The number of carbonyl (C=O) groups excluding carboxylic acids is 1. The van der Waals surface area contributed by atoms with E-state index in [0.29, 0.717) is 17.1 Å². The molecule has 1 heterocycles. The first-order valence-electron chi connectivity index (χ1n) is 8.51. The predicted molar refractivity (Wildman–Crippen MR) is 94.7 cm³/mol. The number of carbonyl (C=O) groups is 1. The van der Waals surface area contributed by atoms with Crippen LogP contribution < -0.4 is 10.6 Å². The van der Waals surface area contributed by atoms with Crippen molar-refractivity contribution in [3.63, 3.8) is 0 Å². The molecule has 1 aromatic heterocycles. The maximum Gasteiger partial charge on any atom is 0.315 e. The second kappa shape index (κ2) is 7.87. The van der Waals surface area contributed by atoms with E-state index < -0.39 is 0 Å². The van der Waals surface area contributed by atoms with Gasteiger partial charge in [-0.2, -0.15) is 5.10 Å². The first-order valence-corrected chi connectivity index (χ1v) is 8.88. The third kappa shape index (κ3) is 4.31. The lowest BCUT2D eigenvalue weighted by atomic mass is 9.91. The predicted octanol–water partition coefficient (Wildman–Crippen LogP) is 3.94. The summed E-state index contributed by atoms with van der Waals surface area (Å²) in [6.45, 7) is 0.372. The molecule has 7 heteroatoms. The molecule has 1 saturated carbocycles. The van der Waals surface area contributed by atoms with Crippen LogP contribution in [0.4, 0.5) is 9.18 Å². The minimum atomic E-state index is -0.348. The molecule has 2 N–H and O–H groups in total. The number of aromatic nitrogens is 2. The van der Waals surface area contributed by atoms with Crippen LogP contribution in [0.15, 0.2) is 30.5 Å². The van der Waals surface area contributed by atoms with Crippen LogP contribution in [0.3, 0.4) is 0 Å². The minimum absolute atomic E-state index is 0.266. The van der Waals surface area contributed by atoms with E-state index in [9.17, 15) is 9.18 Å². The molecule has 1 fully saturated rings. The highest BCUT2D eigenvalue weighted by Crippen LogP contribution is 2.38. The normalized spacial score (nSPS) is 16.0. The lowest BCUT2D eigenvalue weighted by Crippen LogP contribution is -2.40. The Morgan fingerprint density at radius 2 is 2.16 bits per heavy atom. The zero-order chi connectivity index (χ0) is 17.8. The van der Waals surface area contributed by atoms with E-state index in [1.807, 2.05) is 13.1 Å². The molecular formula is C18H22ClFN4O. The summed E-state index contributed by atoms with van der Waals surface area (Å²) in [6.07, 6.45) is 5.92. The third-order valence-corrected chi connectivity index (χ3v) is 5.15. The fourth-order valence-electron chi connectivity index (χ4n) is 3.43. The molecule has 2 amide bonds. The van der Waals surface area contributed by atoms with Gasteiger partial charge >= 0.3 is 6.03 Å². The number of nitrogens with zero attached hydrogens (tertiary/aromatic N) is 2. The van der Waals surface area contributed by atoms with Gasteiger partial charge in [0.2, 0.25) is 0 Å². The van der Waals surface area contributed by atoms with Crippen molar-refractivity contribution in [2.45, 2.75) is 38.3 Å². The molecular weight excluding hydrogens is 343 g/mol. The van der Waals surface area contributed by atoms with Gasteiger partial charge in [-0.25, -0.2) is 9.18 Å². The standard InChI is InChI=1S/C18H22ClFN4O/c1-24-14(8-9-22-24)11-21-18(25)23-17(12-4-2-3-5-12)15-10-13(20)6-7-16(15)19/h6-10,12,17H,2-5,11H2,1H3,(H2,21,23,25). The second-order valence-electron chi connectivity index (χ2n) is 6.46. The van der Waals surface area contributed by atoms with Crippen molar-refractivity contribution in [2.75, 3.05) is 0 Å². The molecule has 5 nitrogen and oxygen atoms in total. The molecule has 134 valence electrons. The summed E-state index contributed by atoms with van der Waals surface area (Å²) in [5.74, 6) is -0.0822. The number of nitrogens with one attached hydrogen (secondary N) is 2. The van der Waals surface area contributed by atoms with Gasteiger partial charge in [-0.15, -0.1) is 0 Å². The number of amides is 2. The van der Waals surface area contributed by atoms with Gasteiger partial charge in [-0.05, 0) is 48.6 Å². The molecule has 3 rings (SSSR count). The number of urea groups is 1. The van der Waals surface area contributed by atoms with Crippen molar-refractivity contribution >= 4 is 17.6 Å². The summed E-state index contributed by atoms with van der Waals surface area (Å²) < 4.78 is 15.4. The Morgan fingerprint density at radius 3 is 2.84 bits per heavy atom. The Bertz CT molecular complexity index is 742.